The van der Waals surface area contributed by atoms with Crippen LogP contribution in [0.4, 0.5) is 0 Å². The summed E-state index contributed by atoms with van der Waals surface area (Å²) in [6, 6.07) is 2.38. The molecule has 2 unspecified atom stereocenters. The second-order valence-electron chi connectivity index (χ2n) is 4.07. The van der Waals surface area contributed by atoms with E-state index in [9.17, 15) is 0 Å². The van der Waals surface area contributed by atoms with E-state index in [-0.39, 0.29) is 0 Å². The first-order valence-electron chi connectivity index (χ1n) is 4.86. The number of halogens is 1. The van der Waals surface area contributed by atoms with Gasteiger partial charge in [-0.25, -0.2) is 0 Å². The fraction of sp³-hybridized carbons (Fsp3) is 0.600. The average Bonchev–Trinajstić information content (AvgIpc) is 2.62. The van der Waals surface area contributed by atoms with Crippen LogP contribution < -0.4 is 5.73 Å². The molecule has 0 spiro atoms. The first-order chi connectivity index (χ1) is 6.65. The summed E-state index contributed by atoms with van der Waals surface area (Å²) in [6.07, 6.45) is 0. The SMILES string of the molecule is CC1CN(Cc2cc(Cl)cs2)CC1N. The van der Waals surface area contributed by atoms with Crippen molar-refractivity contribution in [3.8, 4) is 0 Å². The zero-order chi connectivity index (χ0) is 10.1. The summed E-state index contributed by atoms with van der Waals surface area (Å²) < 4.78 is 0. The molecular formula is C10H15ClN2S. The zero-order valence-electron chi connectivity index (χ0n) is 8.24. The maximum absolute atomic E-state index is 5.96. The van der Waals surface area contributed by atoms with Gasteiger partial charge >= 0.3 is 0 Å². The number of hydrogen-bond donors (Lipinski definition) is 1. The highest BCUT2D eigenvalue weighted by molar-refractivity contribution is 7.10. The molecule has 14 heavy (non-hydrogen) atoms. The Morgan fingerprint density at radius 2 is 2.43 bits per heavy atom. The normalized spacial score (nSPS) is 28.5. The molecule has 1 fully saturated rings. The van der Waals surface area contributed by atoms with Crippen LogP contribution in [0.15, 0.2) is 11.4 Å². The van der Waals surface area contributed by atoms with Crippen molar-refractivity contribution in [2.75, 3.05) is 13.1 Å². The molecule has 1 aromatic heterocycles. The lowest BCUT2D eigenvalue weighted by atomic mass is 10.1. The molecule has 0 bridgehead atoms. The van der Waals surface area contributed by atoms with Crippen molar-refractivity contribution in [1.29, 1.82) is 0 Å². The minimum atomic E-state index is 0.338. The quantitative estimate of drug-likeness (QED) is 0.844. The fourth-order valence-corrected chi connectivity index (χ4v) is 3.00. The monoisotopic (exact) mass is 230 g/mol. The Morgan fingerprint density at radius 1 is 1.64 bits per heavy atom. The van der Waals surface area contributed by atoms with E-state index >= 15 is 0 Å². The highest BCUT2D eigenvalue weighted by Gasteiger charge is 2.26. The molecule has 1 aromatic rings. The molecule has 1 aliphatic heterocycles. The van der Waals surface area contributed by atoms with Crippen LogP contribution in [0.1, 0.15) is 11.8 Å². The summed E-state index contributed by atoms with van der Waals surface area (Å²) >= 11 is 7.59. The van der Waals surface area contributed by atoms with Crippen LogP contribution >= 0.6 is 22.9 Å². The summed E-state index contributed by atoms with van der Waals surface area (Å²) in [5.41, 5.74) is 5.96. The van der Waals surface area contributed by atoms with Crippen molar-refractivity contribution in [3.63, 3.8) is 0 Å². The van der Waals surface area contributed by atoms with Gasteiger partial charge in [0, 0.05) is 35.9 Å². The molecule has 1 saturated heterocycles. The van der Waals surface area contributed by atoms with E-state index in [0.29, 0.717) is 12.0 Å². The number of thiophene rings is 1. The number of hydrogen-bond acceptors (Lipinski definition) is 3. The summed E-state index contributed by atoms with van der Waals surface area (Å²) in [5, 5.41) is 2.83. The Balaban J connectivity index is 1.93. The van der Waals surface area contributed by atoms with E-state index in [1.54, 1.807) is 11.3 Å². The molecule has 2 N–H and O–H groups in total. The second kappa shape index (κ2) is 4.19. The van der Waals surface area contributed by atoms with E-state index in [1.807, 2.05) is 11.4 Å². The molecule has 1 aliphatic rings. The maximum atomic E-state index is 5.96. The number of rotatable bonds is 2. The predicted molar refractivity (Wildman–Crippen MR) is 61.7 cm³/mol. The molecule has 0 saturated carbocycles. The topological polar surface area (TPSA) is 29.3 Å². The zero-order valence-corrected chi connectivity index (χ0v) is 9.81. The first-order valence-corrected chi connectivity index (χ1v) is 6.12. The smallest absolute Gasteiger partial charge is 0.0516 e. The van der Waals surface area contributed by atoms with Crippen molar-refractivity contribution in [2.24, 2.45) is 11.7 Å². The standard InChI is InChI=1S/C10H15ClN2S/c1-7-3-13(5-10(7)12)4-9-2-8(11)6-14-9/h2,6-7,10H,3-5,12H2,1H3. The molecule has 0 amide bonds. The maximum Gasteiger partial charge on any atom is 0.0516 e. The Labute approximate surface area is 93.7 Å². The van der Waals surface area contributed by atoms with Gasteiger partial charge in [-0.15, -0.1) is 11.3 Å². The number of likely N-dealkylation sites (tertiary alicyclic amines) is 1. The van der Waals surface area contributed by atoms with Gasteiger partial charge in [0.1, 0.15) is 0 Å². The molecule has 0 aromatic carbocycles. The van der Waals surface area contributed by atoms with Crippen LogP contribution in [-0.4, -0.2) is 24.0 Å². The van der Waals surface area contributed by atoms with E-state index in [0.717, 1.165) is 24.7 Å². The van der Waals surface area contributed by atoms with Crippen LogP contribution in [0.5, 0.6) is 0 Å². The van der Waals surface area contributed by atoms with E-state index < -0.39 is 0 Å². The van der Waals surface area contributed by atoms with Crippen molar-refractivity contribution >= 4 is 22.9 Å². The highest BCUT2D eigenvalue weighted by Crippen LogP contribution is 2.23. The van der Waals surface area contributed by atoms with Gasteiger partial charge < -0.3 is 5.73 Å². The van der Waals surface area contributed by atoms with Gasteiger partial charge in [0.2, 0.25) is 0 Å². The summed E-state index contributed by atoms with van der Waals surface area (Å²) in [7, 11) is 0. The Kier molecular flexibility index (Phi) is 3.12. The van der Waals surface area contributed by atoms with Crippen molar-refractivity contribution in [2.45, 2.75) is 19.5 Å². The third kappa shape index (κ3) is 2.28. The van der Waals surface area contributed by atoms with Gasteiger partial charge in [-0.05, 0) is 12.0 Å². The lowest BCUT2D eigenvalue weighted by Crippen LogP contribution is -2.28. The minimum Gasteiger partial charge on any atom is -0.326 e. The van der Waals surface area contributed by atoms with Gasteiger partial charge in [0.05, 0.1) is 5.02 Å². The fourth-order valence-electron chi connectivity index (χ4n) is 1.88. The lowest BCUT2D eigenvalue weighted by Gasteiger charge is -2.13. The van der Waals surface area contributed by atoms with Crippen molar-refractivity contribution in [3.05, 3.63) is 21.3 Å². The molecule has 0 radical (unpaired) electrons. The lowest BCUT2D eigenvalue weighted by molar-refractivity contribution is 0.322. The molecule has 0 aliphatic carbocycles. The van der Waals surface area contributed by atoms with Gasteiger partial charge in [0.15, 0.2) is 0 Å². The highest BCUT2D eigenvalue weighted by atomic mass is 35.5. The van der Waals surface area contributed by atoms with Crippen molar-refractivity contribution < 1.29 is 0 Å². The molecule has 4 heteroatoms. The number of nitrogens with two attached hydrogens (primary N) is 1. The Morgan fingerprint density at radius 3 is 2.93 bits per heavy atom. The molecule has 2 rings (SSSR count). The van der Waals surface area contributed by atoms with Crippen LogP contribution in [-0.2, 0) is 6.54 Å². The van der Waals surface area contributed by atoms with Crippen LogP contribution in [0, 0.1) is 5.92 Å². The predicted octanol–water partition coefficient (Wildman–Crippen LogP) is 2.18. The van der Waals surface area contributed by atoms with Gasteiger partial charge in [0.25, 0.3) is 0 Å². The molecule has 2 nitrogen and oxygen atoms in total. The summed E-state index contributed by atoms with van der Waals surface area (Å²) in [4.78, 5) is 3.73. The molecular weight excluding hydrogens is 216 g/mol. The molecule has 2 heterocycles. The van der Waals surface area contributed by atoms with Gasteiger partial charge in [-0.3, -0.25) is 4.90 Å². The van der Waals surface area contributed by atoms with E-state index in [2.05, 4.69) is 11.8 Å². The largest absolute Gasteiger partial charge is 0.326 e. The Bertz CT molecular complexity index is 303. The van der Waals surface area contributed by atoms with Crippen LogP contribution in [0.3, 0.4) is 0 Å². The van der Waals surface area contributed by atoms with E-state index in [4.69, 9.17) is 17.3 Å². The Hall–Kier alpha value is -0.0900. The van der Waals surface area contributed by atoms with Crippen LogP contribution in [0.2, 0.25) is 5.02 Å². The summed E-state index contributed by atoms with van der Waals surface area (Å²) in [6.45, 7) is 5.33. The van der Waals surface area contributed by atoms with Crippen molar-refractivity contribution in [1.82, 2.24) is 4.90 Å². The van der Waals surface area contributed by atoms with E-state index in [1.165, 1.54) is 4.88 Å². The third-order valence-corrected chi connectivity index (χ3v) is 4.02. The average molecular weight is 231 g/mol. The minimum absolute atomic E-state index is 0.338. The second-order valence-corrected chi connectivity index (χ2v) is 5.50. The van der Waals surface area contributed by atoms with Gasteiger partial charge in [-0.1, -0.05) is 18.5 Å². The first kappa shape index (κ1) is 10.4. The van der Waals surface area contributed by atoms with Gasteiger partial charge in [-0.2, -0.15) is 0 Å². The third-order valence-electron chi connectivity index (χ3n) is 2.75. The number of nitrogens with zero attached hydrogens (tertiary/aromatic N) is 1. The molecule has 2 atom stereocenters. The summed E-state index contributed by atoms with van der Waals surface area (Å²) in [5.74, 6) is 0.616. The molecule has 78 valence electrons. The van der Waals surface area contributed by atoms with Crippen LogP contribution in [0.25, 0.3) is 0 Å².